The number of rotatable bonds is 5. The zero-order chi connectivity index (χ0) is 20.1. The minimum Gasteiger partial charge on any atom is -0.335 e. The number of halogens is 4. The summed E-state index contributed by atoms with van der Waals surface area (Å²) >= 11 is 0. The summed E-state index contributed by atoms with van der Waals surface area (Å²) in [4.78, 5) is 17.2. The predicted octanol–water partition coefficient (Wildman–Crippen LogP) is 2.84. The molecule has 1 aliphatic heterocycles. The van der Waals surface area contributed by atoms with Gasteiger partial charge in [-0.1, -0.05) is 6.07 Å². The smallest absolute Gasteiger partial charge is 0.335 e. The molecule has 1 aromatic heterocycles. The van der Waals surface area contributed by atoms with Gasteiger partial charge in [0.15, 0.2) is 0 Å². The van der Waals surface area contributed by atoms with Crippen LogP contribution in [0.4, 0.5) is 22.4 Å². The number of piperidine rings is 1. The Morgan fingerprint density at radius 1 is 1.25 bits per heavy atom. The van der Waals surface area contributed by atoms with Crippen molar-refractivity contribution >= 4 is 6.03 Å². The number of nitrogens with one attached hydrogen (secondary N) is 2. The highest BCUT2D eigenvalue weighted by Gasteiger charge is 2.32. The molecular weight excluding hydrogens is 378 g/mol. The van der Waals surface area contributed by atoms with Gasteiger partial charge in [0, 0.05) is 38.1 Å². The summed E-state index contributed by atoms with van der Waals surface area (Å²) in [7, 11) is 0. The van der Waals surface area contributed by atoms with Crippen molar-refractivity contribution in [3.8, 4) is 5.69 Å². The van der Waals surface area contributed by atoms with E-state index in [2.05, 4.69) is 15.6 Å². The Morgan fingerprint density at radius 3 is 2.61 bits per heavy atom. The summed E-state index contributed by atoms with van der Waals surface area (Å²) in [6.45, 7) is -0.219. The fourth-order valence-corrected chi connectivity index (χ4v) is 3.18. The number of urea groups is 1. The van der Waals surface area contributed by atoms with Crippen LogP contribution in [0.2, 0.25) is 0 Å². The van der Waals surface area contributed by atoms with Crippen molar-refractivity contribution in [1.29, 1.82) is 0 Å². The van der Waals surface area contributed by atoms with E-state index in [0.29, 0.717) is 24.1 Å². The maximum atomic E-state index is 14.2. The van der Waals surface area contributed by atoms with Crippen LogP contribution in [0.25, 0.3) is 5.69 Å². The third-order valence-corrected chi connectivity index (χ3v) is 4.57. The number of aromatic nitrogens is 2. The Kier molecular flexibility index (Phi) is 6.18. The van der Waals surface area contributed by atoms with Crippen molar-refractivity contribution in [2.75, 3.05) is 19.6 Å². The predicted molar refractivity (Wildman–Crippen MR) is 94.4 cm³/mol. The van der Waals surface area contributed by atoms with Crippen molar-refractivity contribution in [3.05, 3.63) is 48.3 Å². The van der Waals surface area contributed by atoms with Crippen LogP contribution in [-0.2, 0) is 6.54 Å². The van der Waals surface area contributed by atoms with Gasteiger partial charge in [-0.25, -0.2) is 14.2 Å². The second-order valence-corrected chi connectivity index (χ2v) is 6.75. The SMILES string of the molecule is O=C(NCc1ccc(-n2ccnc2)c(F)c1)NC1CCN(CC(F)(F)F)CC1. The number of amides is 2. The molecule has 1 fully saturated rings. The highest BCUT2D eigenvalue weighted by Crippen LogP contribution is 2.20. The van der Waals surface area contributed by atoms with Gasteiger partial charge in [0.1, 0.15) is 5.82 Å². The van der Waals surface area contributed by atoms with Crippen LogP contribution in [0.15, 0.2) is 36.9 Å². The van der Waals surface area contributed by atoms with Gasteiger partial charge >= 0.3 is 12.2 Å². The lowest BCUT2D eigenvalue weighted by Gasteiger charge is -2.32. The zero-order valence-corrected chi connectivity index (χ0v) is 15.0. The Hall–Kier alpha value is -2.62. The number of carbonyl (C=O) groups is 1. The third kappa shape index (κ3) is 5.69. The summed E-state index contributed by atoms with van der Waals surface area (Å²) in [5.74, 6) is -0.435. The zero-order valence-electron chi connectivity index (χ0n) is 15.0. The van der Waals surface area contributed by atoms with Crippen molar-refractivity contribution in [2.45, 2.75) is 31.6 Å². The molecule has 0 atom stereocenters. The lowest BCUT2D eigenvalue weighted by Crippen LogP contribution is -2.49. The molecule has 2 aromatic rings. The molecule has 1 aromatic carbocycles. The molecule has 152 valence electrons. The highest BCUT2D eigenvalue weighted by atomic mass is 19.4. The van der Waals surface area contributed by atoms with Gasteiger partial charge in [-0.2, -0.15) is 13.2 Å². The van der Waals surface area contributed by atoms with Gasteiger partial charge in [0.2, 0.25) is 0 Å². The molecule has 2 amide bonds. The molecular formula is C18H21F4N5O. The number of nitrogens with zero attached hydrogens (tertiary/aromatic N) is 3. The maximum absolute atomic E-state index is 14.2. The van der Waals surface area contributed by atoms with Crippen LogP contribution >= 0.6 is 0 Å². The molecule has 0 unspecified atom stereocenters. The van der Waals surface area contributed by atoms with Gasteiger partial charge < -0.3 is 15.2 Å². The second-order valence-electron chi connectivity index (χ2n) is 6.75. The van der Waals surface area contributed by atoms with E-state index < -0.39 is 24.6 Å². The van der Waals surface area contributed by atoms with Crippen molar-refractivity contribution in [2.24, 2.45) is 0 Å². The summed E-state index contributed by atoms with van der Waals surface area (Å²) in [5.41, 5.74) is 0.952. The summed E-state index contributed by atoms with van der Waals surface area (Å²) in [5, 5.41) is 5.40. The van der Waals surface area contributed by atoms with E-state index >= 15 is 0 Å². The number of alkyl halides is 3. The van der Waals surface area contributed by atoms with Crippen LogP contribution < -0.4 is 10.6 Å². The van der Waals surface area contributed by atoms with Crippen molar-refractivity contribution < 1.29 is 22.4 Å². The molecule has 0 spiro atoms. The topological polar surface area (TPSA) is 62.2 Å². The van der Waals surface area contributed by atoms with E-state index in [0.717, 1.165) is 0 Å². The first kappa shape index (κ1) is 20.1. The molecule has 0 radical (unpaired) electrons. The molecule has 2 N–H and O–H groups in total. The minimum absolute atomic E-state index is 0.139. The molecule has 10 heteroatoms. The van der Waals surface area contributed by atoms with Crippen LogP contribution in [-0.4, -0.2) is 52.3 Å². The average Bonchev–Trinajstić information content (AvgIpc) is 3.15. The third-order valence-electron chi connectivity index (χ3n) is 4.57. The van der Waals surface area contributed by atoms with E-state index in [1.165, 1.54) is 17.3 Å². The number of likely N-dealkylation sites (tertiary alicyclic amines) is 1. The first-order valence-corrected chi connectivity index (χ1v) is 8.90. The van der Waals surface area contributed by atoms with Crippen LogP contribution in [0.1, 0.15) is 18.4 Å². The largest absolute Gasteiger partial charge is 0.401 e. The number of hydrogen-bond donors (Lipinski definition) is 2. The fourth-order valence-electron chi connectivity index (χ4n) is 3.18. The molecule has 1 saturated heterocycles. The van der Waals surface area contributed by atoms with E-state index in [-0.39, 0.29) is 25.7 Å². The normalized spacial score (nSPS) is 16.1. The standard InChI is InChI=1S/C18H21F4N5O/c19-15-9-13(1-2-16(15)27-8-5-23-12-27)10-24-17(28)25-14-3-6-26(7-4-14)11-18(20,21)22/h1-2,5,8-9,12,14H,3-4,6-7,10-11H2,(H2,24,25,28). The van der Waals surface area contributed by atoms with Crippen molar-refractivity contribution in [3.63, 3.8) is 0 Å². The molecule has 0 aliphatic carbocycles. The highest BCUT2D eigenvalue weighted by molar-refractivity contribution is 5.74. The maximum Gasteiger partial charge on any atom is 0.401 e. The Labute approximate surface area is 159 Å². The molecule has 1 aliphatic rings. The van der Waals surface area contributed by atoms with E-state index in [1.54, 1.807) is 29.1 Å². The Morgan fingerprint density at radius 2 is 2.00 bits per heavy atom. The van der Waals surface area contributed by atoms with Gasteiger partial charge in [-0.3, -0.25) is 4.90 Å². The van der Waals surface area contributed by atoms with Crippen LogP contribution in [0, 0.1) is 5.82 Å². The first-order chi connectivity index (χ1) is 13.3. The monoisotopic (exact) mass is 399 g/mol. The average molecular weight is 399 g/mol. The van der Waals surface area contributed by atoms with Gasteiger partial charge in [-0.15, -0.1) is 0 Å². The van der Waals surface area contributed by atoms with Crippen molar-refractivity contribution in [1.82, 2.24) is 25.1 Å². The van der Waals surface area contributed by atoms with Gasteiger partial charge in [0.25, 0.3) is 0 Å². The summed E-state index contributed by atoms with van der Waals surface area (Å²) in [6.07, 6.45) is 1.37. The molecule has 3 rings (SSSR count). The van der Waals surface area contributed by atoms with E-state index in [9.17, 15) is 22.4 Å². The number of carbonyl (C=O) groups excluding carboxylic acids is 1. The second kappa shape index (κ2) is 8.59. The quantitative estimate of drug-likeness (QED) is 0.761. The molecule has 28 heavy (non-hydrogen) atoms. The minimum atomic E-state index is -4.21. The van der Waals surface area contributed by atoms with E-state index in [1.807, 2.05) is 0 Å². The Bertz CT molecular complexity index is 786. The van der Waals surface area contributed by atoms with Gasteiger partial charge in [-0.05, 0) is 30.5 Å². The fraction of sp³-hybridized carbons (Fsp3) is 0.444. The summed E-state index contributed by atoms with van der Waals surface area (Å²) < 4.78 is 52.9. The van der Waals surface area contributed by atoms with Crippen LogP contribution in [0.5, 0.6) is 0 Å². The first-order valence-electron chi connectivity index (χ1n) is 8.90. The number of benzene rings is 1. The van der Waals surface area contributed by atoms with E-state index in [4.69, 9.17) is 0 Å². The Balaban J connectivity index is 1.43. The molecule has 0 bridgehead atoms. The molecule has 0 saturated carbocycles. The lowest BCUT2D eigenvalue weighted by atomic mass is 10.1. The van der Waals surface area contributed by atoms with Gasteiger partial charge in [0.05, 0.1) is 18.6 Å². The number of hydrogen-bond acceptors (Lipinski definition) is 3. The van der Waals surface area contributed by atoms with Crippen LogP contribution in [0.3, 0.4) is 0 Å². The molecule has 2 heterocycles. The lowest BCUT2D eigenvalue weighted by molar-refractivity contribution is -0.148. The molecule has 6 nitrogen and oxygen atoms in total. The number of imidazole rings is 1. The summed E-state index contributed by atoms with van der Waals surface area (Å²) in [6, 6.07) is 4.04.